The second-order valence-electron chi connectivity index (χ2n) is 12.5. The molecule has 3 aromatic carbocycles. The number of carbonyl (C=O) groups is 2. The van der Waals surface area contributed by atoms with Gasteiger partial charge in [0.05, 0.1) is 29.2 Å². The Labute approximate surface area is 349 Å². The average Bonchev–Trinajstić information content (AvgIpc) is 3.25. The number of unbranched alkanes of at least 4 members (excludes halogenated alkanes) is 1. The van der Waals surface area contributed by atoms with Gasteiger partial charge in [0, 0.05) is 43.3 Å². The van der Waals surface area contributed by atoms with Crippen LogP contribution in [0.2, 0.25) is 0 Å². The van der Waals surface area contributed by atoms with E-state index in [0.717, 1.165) is 57.5 Å². The number of nitrogens with zero attached hydrogens (tertiary/aromatic N) is 2. The van der Waals surface area contributed by atoms with E-state index in [0.29, 0.717) is 50.3 Å². The van der Waals surface area contributed by atoms with Crippen LogP contribution >= 0.6 is 0 Å². The van der Waals surface area contributed by atoms with Crippen LogP contribution in [0.15, 0.2) is 132 Å². The van der Waals surface area contributed by atoms with Gasteiger partial charge in [-0.2, -0.15) is 0 Å². The molecule has 0 unspecified atom stereocenters. The molecule has 4 aromatic rings. The summed E-state index contributed by atoms with van der Waals surface area (Å²) in [5.74, 6) is 0.0933. The van der Waals surface area contributed by atoms with E-state index in [1.165, 1.54) is 0 Å². The Morgan fingerprint density at radius 1 is 0.780 bits per heavy atom. The Kier molecular flexibility index (Phi) is 24.3. The molecule has 1 heterocycles. The number of benzene rings is 3. The molecule has 59 heavy (non-hydrogen) atoms. The molecule has 11 nitrogen and oxygen atoms in total. The zero-order valence-corrected chi connectivity index (χ0v) is 35.3. The lowest BCUT2D eigenvalue weighted by atomic mass is 10.1. The minimum absolute atomic E-state index is 0.242. The van der Waals surface area contributed by atoms with E-state index in [9.17, 15) is 9.59 Å². The summed E-state index contributed by atoms with van der Waals surface area (Å²) in [5, 5.41) is 18.2. The van der Waals surface area contributed by atoms with Crippen LogP contribution in [0.3, 0.4) is 0 Å². The van der Waals surface area contributed by atoms with Crippen LogP contribution in [0.25, 0.3) is 10.9 Å². The van der Waals surface area contributed by atoms with Crippen LogP contribution in [0.5, 0.6) is 17.2 Å². The third-order valence-electron chi connectivity index (χ3n) is 8.05. The molecule has 0 atom stereocenters. The highest BCUT2D eigenvalue weighted by Gasteiger charge is 2.11. The van der Waals surface area contributed by atoms with Crippen molar-refractivity contribution in [1.82, 2.24) is 4.98 Å². The minimum Gasteiger partial charge on any atom is -0.489 e. The lowest BCUT2D eigenvalue weighted by Crippen LogP contribution is -2.12. The summed E-state index contributed by atoms with van der Waals surface area (Å²) in [6.07, 6.45) is 11.6. The first-order valence-electron chi connectivity index (χ1n) is 19.9. The number of aryl methyl sites for hydroxylation is 1. The predicted octanol–water partition coefficient (Wildman–Crippen LogP) is 10.5. The lowest BCUT2D eigenvalue weighted by Gasteiger charge is -2.14. The molecule has 0 fully saturated rings. The molecule has 0 spiro atoms. The van der Waals surface area contributed by atoms with Crippen molar-refractivity contribution in [3.05, 3.63) is 144 Å². The van der Waals surface area contributed by atoms with Crippen molar-refractivity contribution in [2.75, 3.05) is 33.0 Å². The van der Waals surface area contributed by atoms with Gasteiger partial charge in [0.15, 0.2) is 6.61 Å². The molecule has 1 aliphatic rings. The maximum Gasteiger partial charge on any atom is 0.341 e. The maximum absolute atomic E-state index is 10.9. The highest BCUT2D eigenvalue weighted by Crippen LogP contribution is 2.27. The first-order valence-corrected chi connectivity index (χ1v) is 19.9. The van der Waals surface area contributed by atoms with E-state index in [-0.39, 0.29) is 13.0 Å². The number of fused-ring (bicyclic) bond motifs is 1. The number of carboxylic acids is 2. The van der Waals surface area contributed by atoms with Crippen molar-refractivity contribution in [2.45, 2.75) is 74.0 Å². The van der Waals surface area contributed by atoms with Crippen molar-refractivity contribution in [3.63, 3.8) is 0 Å². The fourth-order valence-corrected chi connectivity index (χ4v) is 5.11. The molecule has 0 saturated heterocycles. The molecular formula is C48H60N2O9. The minimum atomic E-state index is -1.02. The second kappa shape index (κ2) is 29.2. The number of allylic oxidation sites excluding steroid dienone is 6. The summed E-state index contributed by atoms with van der Waals surface area (Å²) >= 11 is 0. The van der Waals surface area contributed by atoms with Crippen LogP contribution in [0.1, 0.15) is 70.7 Å². The van der Waals surface area contributed by atoms with Crippen LogP contribution < -0.4 is 14.2 Å². The Morgan fingerprint density at radius 2 is 1.47 bits per heavy atom. The molecule has 11 heteroatoms. The monoisotopic (exact) mass is 808 g/mol. The van der Waals surface area contributed by atoms with Crippen molar-refractivity contribution in [3.8, 4) is 17.2 Å². The van der Waals surface area contributed by atoms with E-state index >= 15 is 0 Å². The summed E-state index contributed by atoms with van der Waals surface area (Å²) < 4.78 is 27.6. The normalized spacial score (nSPS) is 12.3. The number of carboxylic acid groups (broad SMARTS) is 2. The zero-order valence-electron chi connectivity index (χ0n) is 35.3. The molecular weight excluding hydrogens is 749 g/mol. The molecule has 1 aliphatic carbocycles. The summed E-state index contributed by atoms with van der Waals surface area (Å²) in [4.78, 5) is 30.0. The molecule has 0 radical (unpaired) electrons. The van der Waals surface area contributed by atoms with E-state index in [2.05, 4.69) is 16.6 Å². The lowest BCUT2D eigenvalue weighted by molar-refractivity contribution is -0.139. The summed E-state index contributed by atoms with van der Waals surface area (Å²) in [5.41, 5.74) is 6.19. The first-order chi connectivity index (χ1) is 28.6. The third-order valence-corrected chi connectivity index (χ3v) is 8.05. The SMILES string of the molecule is C=C1C=CC=CC1=N/C(=C\C)COCC.CC.CCOCCCCC(=O)O.Cc1cccc(COc2cccc(OCc3ccc4ccccc4n3)c2)c1OCC(=O)O. The second-order valence-corrected chi connectivity index (χ2v) is 12.5. The van der Waals surface area contributed by atoms with Crippen molar-refractivity contribution >= 4 is 28.6 Å². The van der Waals surface area contributed by atoms with Gasteiger partial charge in [-0.15, -0.1) is 0 Å². The van der Waals surface area contributed by atoms with Gasteiger partial charge in [0.25, 0.3) is 0 Å². The van der Waals surface area contributed by atoms with Crippen LogP contribution in [0.4, 0.5) is 0 Å². The van der Waals surface area contributed by atoms with Gasteiger partial charge in [-0.05, 0) is 82.0 Å². The van der Waals surface area contributed by atoms with Gasteiger partial charge in [-0.3, -0.25) is 9.79 Å². The average molecular weight is 809 g/mol. The number of hydrogen-bond acceptors (Lipinski definition) is 9. The third kappa shape index (κ3) is 19.8. The molecule has 5 rings (SSSR count). The zero-order chi connectivity index (χ0) is 43.3. The van der Waals surface area contributed by atoms with Gasteiger partial charge in [-0.25, -0.2) is 9.78 Å². The highest BCUT2D eigenvalue weighted by molar-refractivity contribution is 6.11. The number of hydrogen-bond donors (Lipinski definition) is 2. The fourth-order valence-electron chi connectivity index (χ4n) is 5.11. The topological polar surface area (TPSA) is 146 Å². The van der Waals surface area contributed by atoms with Gasteiger partial charge in [0.1, 0.15) is 30.5 Å². The number of ether oxygens (including phenoxy) is 5. The Bertz CT molecular complexity index is 2020. The summed E-state index contributed by atoms with van der Waals surface area (Å²) in [7, 11) is 0. The quantitative estimate of drug-likeness (QED) is 0.0878. The van der Waals surface area contributed by atoms with E-state index in [4.69, 9.17) is 33.9 Å². The van der Waals surface area contributed by atoms with Gasteiger partial charge in [-0.1, -0.05) is 93.3 Å². The number of pyridine rings is 1. The standard InChI is InChI=1S/C26H23NO5.C13H17NO.C7H14O3.C2H6/c1-18-6-4-8-20(26(18)32-17-25(28)29)15-30-22-9-5-10-23(14-22)31-16-21-13-12-19-7-2-3-11-24(19)27-21;1-4-12(10-15-5-2)14-13-9-7-6-8-11(13)3;1-2-10-6-4-3-5-7(8)9;1-2/h2-14H,15-17H2,1H3,(H,28,29);4,6-9H,3,5,10H2,1-2H3;2-6H2,1H3,(H,8,9);1-2H3/b;12-4-,14-13?;;. The van der Waals surface area contributed by atoms with E-state index < -0.39 is 18.5 Å². The maximum atomic E-state index is 10.9. The molecule has 316 valence electrons. The molecule has 0 bridgehead atoms. The largest absolute Gasteiger partial charge is 0.489 e. The molecule has 0 amide bonds. The van der Waals surface area contributed by atoms with E-state index in [1.54, 1.807) is 0 Å². The number of aliphatic imine (C=N–C) groups is 1. The number of para-hydroxylation sites is 2. The van der Waals surface area contributed by atoms with Crippen LogP contribution in [-0.2, 0) is 32.3 Å². The van der Waals surface area contributed by atoms with Crippen LogP contribution in [0, 0.1) is 6.92 Å². The fraction of sp³-hybridized carbons (Fsp3) is 0.333. The number of aliphatic carboxylic acids is 2. The van der Waals surface area contributed by atoms with E-state index in [1.807, 2.05) is 151 Å². The number of aromatic nitrogens is 1. The predicted molar refractivity (Wildman–Crippen MR) is 236 cm³/mol. The number of rotatable bonds is 19. The van der Waals surface area contributed by atoms with Crippen molar-refractivity contribution < 1.29 is 43.5 Å². The van der Waals surface area contributed by atoms with Gasteiger partial charge < -0.3 is 33.9 Å². The summed E-state index contributed by atoms with van der Waals surface area (Å²) in [6, 6.07) is 24.9. The van der Waals surface area contributed by atoms with Gasteiger partial charge in [0.2, 0.25) is 0 Å². The van der Waals surface area contributed by atoms with Crippen LogP contribution in [-0.4, -0.2) is 65.9 Å². The Balaban J connectivity index is 0.000000368. The van der Waals surface area contributed by atoms with Crippen molar-refractivity contribution in [1.29, 1.82) is 0 Å². The smallest absolute Gasteiger partial charge is 0.341 e. The molecule has 2 N–H and O–H groups in total. The Hall–Kier alpha value is -6.04. The summed E-state index contributed by atoms with van der Waals surface area (Å²) in [6.45, 7) is 18.5. The highest BCUT2D eigenvalue weighted by atomic mass is 16.5. The van der Waals surface area contributed by atoms with Crippen molar-refractivity contribution in [2.24, 2.45) is 4.99 Å². The Morgan fingerprint density at radius 3 is 2.15 bits per heavy atom. The molecule has 0 saturated carbocycles. The molecule has 1 aromatic heterocycles. The molecule has 0 aliphatic heterocycles. The first kappa shape index (κ1) is 49.1. The van der Waals surface area contributed by atoms with Gasteiger partial charge >= 0.3 is 11.9 Å².